The number of hydrogen-bond acceptors (Lipinski definition) is 0. The minimum Gasteiger partial charge on any atom is -0.126 e. The van der Waals surface area contributed by atoms with Gasteiger partial charge in [0, 0.05) is 5.16 Å². The zero-order chi connectivity index (χ0) is 10.6. The van der Waals surface area contributed by atoms with Crippen molar-refractivity contribution in [2.45, 2.75) is 45.2 Å². The van der Waals surface area contributed by atoms with E-state index in [4.69, 9.17) is 0 Å². The quantitative estimate of drug-likeness (QED) is 0.652. The Kier molecular flexibility index (Phi) is 4.13. The molecule has 0 aliphatic carbocycles. The van der Waals surface area contributed by atoms with E-state index in [1.807, 2.05) is 0 Å². The van der Waals surface area contributed by atoms with Crippen molar-refractivity contribution in [2.75, 3.05) is 0 Å². The highest BCUT2D eigenvalue weighted by Crippen LogP contribution is 2.40. The molecule has 0 bridgehead atoms. The molecular weight excluding hydrogens is 187 g/mol. The minimum absolute atomic E-state index is 0.284. The average molecular weight is 208 g/mol. The van der Waals surface area contributed by atoms with Crippen LogP contribution in [-0.2, 0) is 11.6 Å². The van der Waals surface area contributed by atoms with Crippen molar-refractivity contribution in [3.63, 3.8) is 0 Å². The lowest BCUT2D eigenvalue weighted by Gasteiger charge is -2.29. The normalized spacial score (nSPS) is 11.7. The molecule has 1 heteroatoms. The number of benzene rings is 1. The molecule has 1 unspecified atom stereocenters. The Bertz CT molecular complexity index is 287. The maximum atomic E-state index is 3.05. The second kappa shape index (κ2) is 4.94. The summed E-state index contributed by atoms with van der Waals surface area (Å²) >= 11 is 0. The van der Waals surface area contributed by atoms with Gasteiger partial charge in [-0.2, -0.15) is 0 Å². The van der Waals surface area contributed by atoms with E-state index in [0.717, 1.165) is 6.42 Å². The SMILES string of the molecule is CCc1ccccc1C(P)(CC)CC. The molecular formula is C13H21P. The monoisotopic (exact) mass is 208 g/mol. The molecule has 1 rings (SSSR count). The predicted octanol–water partition coefficient (Wildman–Crippen LogP) is 4.14. The van der Waals surface area contributed by atoms with Crippen LogP contribution in [0.5, 0.6) is 0 Å². The molecule has 0 saturated carbocycles. The summed E-state index contributed by atoms with van der Waals surface area (Å²) in [5.41, 5.74) is 3.00. The molecule has 1 aromatic carbocycles. The van der Waals surface area contributed by atoms with Gasteiger partial charge in [0.25, 0.3) is 0 Å². The summed E-state index contributed by atoms with van der Waals surface area (Å²) < 4.78 is 0. The molecule has 0 spiro atoms. The van der Waals surface area contributed by atoms with Crippen molar-refractivity contribution < 1.29 is 0 Å². The zero-order valence-electron chi connectivity index (χ0n) is 9.51. The maximum Gasteiger partial charge on any atom is 0.00950 e. The van der Waals surface area contributed by atoms with Crippen LogP contribution in [0.2, 0.25) is 0 Å². The van der Waals surface area contributed by atoms with E-state index in [-0.39, 0.29) is 5.16 Å². The van der Waals surface area contributed by atoms with Crippen molar-refractivity contribution >= 4 is 9.24 Å². The molecule has 14 heavy (non-hydrogen) atoms. The van der Waals surface area contributed by atoms with Crippen LogP contribution in [0, 0.1) is 0 Å². The van der Waals surface area contributed by atoms with Crippen molar-refractivity contribution in [3.05, 3.63) is 35.4 Å². The fraction of sp³-hybridized carbons (Fsp3) is 0.538. The van der Waals surface area contributed by atoms with Gasteiger partial charge in [-0.05, 0) is 30.4 Å². The number of hydrogen-bond donors (Lipinski definition) is 0. The summed E-state index contributed by atoms with van der Waals surface area (Å²) in [6.07, 6.45) is 3.50. The van der Waals surface area contributed by atoms with E-state index in [1.54, 1.807) is 0 Å². The highest BCUT2D eigenvalue weighted by atomic mass is 31.0. The molecule has 1 aromatic rings. The van der Waals surface area contributed by atoms with E-state index >= 15 is 0 Å². The predicted molar refractivity (Wildman–Crippen MR) is 67.8 cm³/mol. The smallest absolute Gasteiger partial charge is 0.00950 e. The number of aryl methyl sites for hydroxylation is 1. The van der Waals surface area contributed by atoms with Crippen LogP contribution in [0.25, 0.3) is 0 Å². The Morgan fingerprint density at radius 2 is 1.64 bits per heavy atom. The zero-order valence-corrected chi connectivity index (χ0v) is 10.7. The maximum absolute atomic E-state index is 3.05. The van der Waals surface area contributed by atoms with Crippen LogP contribution in [-0.4, -0.2) is 0 Å². The fourth-order valence-corrected chi connectivity index (χ4v) is 2.23. The molecule has 0 amide bonds. The van der Waals surface area contributed by atoms with E-state index in [1.165, 1.54) is 24.0 Å². The van der Waals surface area contributed by atoms with Gasteiger partial charge in [-0.15, -0.1) is 9.24 Å². The van der Waals surface area contributed by atoms with E-state index in [2.05, 4.69) is 54.3 Å². The summed E-state index contributed by atoms with van der Waals surface area (Å²) in [6.45, 7) is 6.76. The van der Waals surface area contributed by atoms with Crippen LogP contribution < -0.4 is 0 Å². The fourth-order valence-electron chi connectivity index (χ4n) is 1.95. The lowest BCUT2D eigenvalue weighted by atomic mass is 9.88. The first-order chi connectivity index (χ1) is 6.68. The molecule has 0 nitrogen and oxygen atoms in total. The molecule has 1 atom stereocenters. The Hall–Kier alpha value is -0.350. The van der Waals surface area contributed by atoms with Crippen LogP contribution in [0.15, 0.2) is 24.3 Å². The summed E-state index contributed by atoms with van der Waals surface area (Å²) in [7, 11) is 3.05. The standard InChI is InChI=1S/C13H21P/c1-4-11-9-7-8-10-12(11)13(14,5-2)6-3/h7-10H,4-6,14H2,1-3H3. The molecule has 0 radical (unpaired) electrons. The minimum atomic E-state index is 0.284. The van der Waals surface area contributed by atoms with Crippen molar-refractivity contribution in [2.24, 2.45) is 0 Å². The van der Waals surface area contributed by atoms with Gasteiger partial charge in [-0.25, -0.2) is 0 Å². The summed E-state index contributed by atoms with van der Waals surface area (Å²) in [5.74, 6) is 0. The van der Waals surface area contributed by atoms with Gasteiger partial charge in [0.15, 0.2) is 0 Å². The molecule has 0 N–H and O–H groups in total. The van der Waals surface area contributed by atoms with Gasteiger partial charge in [0.2, 0.25) is 0 Å². The van der Waals surface area contributed by atoms with Gasteiger partial charge < -0.3 is 0 Å². The largest absolute Gasteiger partial charge is 0.126 e. The third-order valence-electron chi connectivity index (χ3n) is 3.20. The summed E-state index contributed by atoms with van der Waals surface area (Å²) in [4.78, 5) is 0. The highest BCUT2D eigenvalue weighted by Gasteiger charge is 2.24. The molecule has 78 valence electrons. The second-order valence-electron chi connectivity index (χ2n) is 3.87. The van der Waals surface area contributed by atoms with Gasteiger partial charge in [-0.3, -0.25) is 0 Å². The van der Waals surface area contributed by atoms with Crippen molar-refractivity contribution in [1.29, 1.82) is 0 Å². The molecule has 0 aliphatic rings. The topological polar surface area (TPSA) is 0 Å². The third-order valence-corrected chi connectivity index (χ3v) is 4.32. The Balaban J connectivity index is 3.15. The van der Waals surface area contributed by atoms with Crippen molar-refractivity contribution in [3.8, 4) is 0 Å². The Morgan fingerprint density at radius 3 is 2.14 bits per heavy atom. The van der Waals surface area contributed by atoms with E-state index in [0.29, 0.717) is 0 Å². The van der Waals surface area contributed by atoms with Crippen LogP contribution >= 0.6 is 9.24 Å². The van der Waals surface area contributed by atoms with Crippen molar-refractivity contribution in [1.82, 2.24) is 0 Å². The lowest BCUT2D eigenvalue weighted by Crippen LogP contribution is -2.17. The highest BCUT2D eigenvalue weighted by molar-refractivity contribution is 7.18. The van der Waals surface area contributed by atoms with Gasteiger partial charge >= 0.3 is 0 Å². The third kappa shape index (κ3) is 2.17. The molecule has 0 aromatic heterocycles. The molecule has 0 saturated heterocycles. The first-order valence-electron chi connectivity index (χ1n) is 5.55. The average Bonchev–Trinajstić information content (AvgIpc) is 2.28. The van der Waals surface area contributed by atoms with Crippen LogP contribution in [0.4, 0.5) is 0 Å². The van der Waals surface area contributed by atoms with E-state index < -0.39 is 0 Å². The molecule has 0 aliphatic heterocycles. The summed E-state index contributed by atoms with van der Waals surface area (Å²) in [6, 6.07) is 8.82. The first kappa shape index (κ1) is 11.7. The van der Waals surface area contributed by atoms with Crippen LogP contribution in [0.1, 0.15) is 44.7 Å². The van der Waals surface area contributed by atoms with Crippen LogP contribution in [0.3, 0.4) is 0 Å². The molecule has 0 fully saturated rings. The Morgan fingerprint density at radius 1 is 1.07 bits per heavy atom. The van der Waals surface area contributed by atoms with Gasteiger partial charge in [0.05, 0.1) is 0 Å². The molecule has 0 heterocycles. The Labute approximate surface area is 90.3 Å². The van der Waals surface area contributed by atoms with E-state index in [9.17, 15) is 0 Å². The van der Waals surface area contributed by atoms with Gasteiger partial charge in [0.1, 0.15) is 0 Å². The summed E-state index contributed by atoms with van der Waals surface area (Å²) in [5, 5.41) is 0.284. The number of rotatable bonds is 4. The van der Waals surface area contributed by atoms with Gasteiger partial charge in [-0.1, -0.05) is 45.0 Å². The second-order valence-corrected chi connectivity index (χ2v) is 4.98. The lowest BCUT2D eigenvalue weighted by molar-refractivity contribution is 0.573. The first-order valence-corrected chi connectivity index (χ1v) is 6.13.